The van der Waals surface area contributed by atoms with Crippen LogP contribution in [0.25, 0.3) is 0 Å². The van der Waals surface area contributed by atoms with Crippen molar-refractivity contribution in [2.45, 2.75) is 39.7 Å². The third kappa shape index (κ3) is 5.21. The molecule has 0 fully saturated rings. The van der Waals surface area contributed by atoms with Gasteiger partial charge in [-0.1, -0.05) is 6.92 Å². The number of methoxy groups -OCH3 is 1. The predicted molar refractivity (Wildman–Crippen MR) is 83.4 cm³/mol. The molecule has 1 rings (SSSR count). The Morgan fingerprint density at radius 3 is 2.75 bits per heavy atom. The number of ether oxygens (including phenoxy) is 1. The highest BCUT2D eigenvalue weighted by molar-refractivity contribution is 5.96. The average Bonchev–Trinajstić information content (AvgIpc) is 2.42. The summed E-state index contributed by atoms with van der Waals surface area (Å²) in [6.07, 6.45) is 1.90. The summed E-state index contributed by atoms with van der Waals surface area (Å²) in [4.78, 5) is 12.2. The number of nitrogens with one attached hydrogen (secondary N) is 2. The summed E-state index contributed by atoms with van der Waals surface area (Å²) in [6.45, 7) is 7.68. The molecule has 1 amide bonds. The lowest BCUT2D eigenvalue weighted by Gasteiger charge is -2.15. The molecule has 112 valence electrons. The third-order valence-electron chi connectivity index (χ3n) is 3.18. The first-order valence-electron chi connectivity index (χ1n) is 7.22. The number of amides is 1. The number of carbonyl (C=O) groups excluding carboxylic acids is 1. The van der Waals surface area contributed by atoms with E-state index in [9.17, 15) is 4.79 Å². The molecule has 0 aliphatic rings. The Balaban J connectivity index is 2.64. The summed E-state index contributed by atoms with van der Waals surface area (Å²) in [6, 6.07) is 5.97. The quantitative estimate of drug-likeness (QED) is 0.768. The number of hydrogen-bond donors (Lipinski definition) is 2. The molecule has 0 aromatic heterocycles. The molecule has 1 aromatic rings. The first-order chi connectivity index (χ1) is 9.58. The molecule has 0 aliphatic carbocycles. The largest absolute Gasteiger partial charge is 0.385 e. The molecule has 1 aromatic carbocycles. The van der Waals surface area contributed by atoms with Crippen LogP contribution in [-0.2, 0) is 4.74 Å². The highest BCUT2D eigenvalue weighted by atomic mass is 16.5. The summed E-state index contributed by atoms with van der Waals surface area (Å²) < 4.78 is 5.02. The second kappa shape index (κ2) is 8.59. The predicted octanol–water partition coefficient (Wildman–Crippen LogP) is 2.97. The second-order valence-corrected chi connectivity index (χ2v) is 5.11. The van der Waals surface area contributed by atoms with Gasteiger partial charge in [0.15, 0.2) is 0 Å². The minimum absolute atomic E-state index is 0.0202. The molecule has 0 radical (unpaired) electrons. The van der Waals surface area contributed by atoms with Crippen LogP contribution in [0.2, 0.25) is 0 Å². The van der Waals surface area contributed by atoms with Crippen LogP contribution < -0.4 is 10.6 Å². The van der Waals surface area contributed by atoms with Crippen molar-refractivity contribution in [1.82, 2.24) is 5.32 Å². The van der Waals surface area contributed by atoms with Crippen LogP contribution in [0.4, 0.5) is 5.69 Å². The van der Waals surface area contributed by atoms with Gasteiger partial charge in [-0.3, -0.25) is 4.79 Å². The van der Waals surface area contributed by atoms with Gasteiger partial charge in [0.25, 0.3) is 5.91 Å². The highest BCUT2D eigenvalue weighted by Crippen LogP contribution is 2.15. The van der Waals surface area contributed by atoms with Crippen LogP contribution in [0.3, 0.4) is 0 Å². The Labute approximate surface area is 121 Å². The molecule has 4 heteroatoms. The maximum Gasteiger partial charge on any atom is 0.251 e. The van der Waals surface area contributed by atoms with Gasteiger partial charge in [0.1, 0.15) is 0 Å². The molecule has 0 bridgehead atoms. The highest BCUT2D eigenvalue weighted by Gasteiger charge is 2.12. The number of hydrogen-bond acceptors (Lipinski definition) is 3. The van der Waals surface area contributed by atoms with E-state index in [-0.39, 0.29) is 11.9 Å². The molecule has 1 unspecified atom stereocenters. The Kier molecular flexibility index (Phi) is 7.09. The van der Waals surface area contributed by atoms with Gasteiger partial charge >= 0.3 is 0 Å². The van der Waals surface area contributed by atoms with Crippen LogP contribution >= 0.6 is 0 Å². The maximum absolute atomic E-state index is 12.2. The number of aryl methyl sites for hydroxylation is 1. The standard InChI is InChI=1S/C16H26N2O2/c1-5-9-17-14-6-7-15(12(2)11-14)16(19)18-13(3)8-10-20-4/h6-7,11,13,17H,5,8-10H2,1-4H3,(H,18,19). The molecular formula is C16H26N2O2. The van der Waals surface area contributed by atoms with Crippen molar-refractivity contribution in [3.63, 3.8) is 0 Å². The minimum Gasteiger partial charge on any atom is -0.385 e. The van der Waals surface area contributed by atoms with Crippen molar-refractivity contribution < 1.29 is 9.53 Å². The lowest BCUT2D eigenvalue weighted by atomic mass is 10.1. The lowest BCUT2D eigenvalue weighted by molar-refractivity contribution is 0.0929. The minimum atomic E-state index is -0.0202. The zero-order valence-electron chi connectivity index (χ0n) is 13.0. The Morgan fingerprint density at radius 2 is 2.15 bits per heavy atom. The van der Waals surface area contributed by atoms with Crippen LogP contribution in [0.1, 0.15) is 42.6 Å². The van der Waals surface area contributed by atoms with E-state index in [0.29, 0.717) is 6.61 Å². The summed E-state index contributed by atoms with van der Waals surface area (Å²) in [7, 11) is 1.67. The van der Waals surface area contributed by atoms with Gasteiger partial charge in [0, 0.05) is 37.6 Å². The van der Waals surface area contributed by atoms with Crippen molar-refractivity contribution in [3.8, 4) is 0 Å². The fraction of sp³-hybridized carbons (Fsp3) is 0.562. The topological polar surface area (TPSA) is 50.4 Å². The van der Waals surface area contributed by atoms with E-state index >= 15 is 0 Å². The second-order valence-electron chi connectivity index (χ2n) is 5.11. The van der Waals surface area contributed by atoms with Gasteiger partial charge in [-0.25, -0.2) is 0 Å². The molecule has 20 heavy (non-hydrogen) atoms. The molecule has 0 saturated heterocycles. The SMILES string of the molecule is CCCNc1ccc(C(=O)NC(C)CCOC)c(C)c1. The van der Waals surface area contributed by atoms with Crippen molar-refractivity contribution in [3.05, 3.63) is 29.3 Å². The average molecular weight is 278 g/mol. The normalized spacial score (nSPS) is 12.0. The van der Waals surface area contributed by atoms with Crippen LogP contribution in [0, 0.1) is 6.92 Å². The molecule has 2 N–H and O–H groups in total. The van der Waals surface area contributed by atoms with E-state index in [1.807, 2.05) is 32.0 Å². The third-order valence-corrected chi connectivity index (χ3v) is 3.18. The van der Waals surface area contributed by atoms with E-state index < -0.39 is 0 Å². The maximum atomic E-state index is 12.2. The van der Waals surface area contributed by atoms with Gasteiger partial charge < -0.3 is 15.4 Å². The summed E-state index contributed by atoms with van der Waals surface area (Å²) in [5, 5.41) is 6.32. The summed E-state index contributed by atoms with van der Waals surface area (Å²) >= 11 is 0. The van der Waals surface area contributed by atoms with Crippen molar-refractivity contribution in [2.75, 3.05) is 25.6 Å². The molecule has 0 aliphatic heterocycles. The van der Waals surface area contributed by atoms with E-state index in [1.54, 1.807) is 7.11 Å². The van der Waals surface area contributed by atoms with Crippen LogP contribution in [-0.4, -0.2) is 32.2 Å². The first-order valence-corrected chi connectivity index (χ1v) is 7.22. The monoisotopic (exact) mass is 278 g/mol. The number of rotatable bonds is 8. The number of carbonyl (C=O) groups is 1. The first kappa shape index (κ1) is 16.5. The molecule has 4 nitrogen and oxygen atoms in total. The van der Waals surface area contributed by atoms with E-state index in [2.05, 4.69) is 17.6 Å². The smallest absolute Gasteiger partial charge is 0.251 e. The molecule has 0 spiro atoms. The fourth-order valence-corrected chi connectivity index (χ4v) is 1.97. The summed E-state index contributed by atoms with van der Waals surface area (Å²) in [5.41, 5.74) is 2.78. The van der Waals surface area contributed by atoms with Crippen LogP contribution in [0.15, 0.2) is 18.2 Å². The molecular weight excluding hydrogens is 252 g/mol. The van der Waals surface area contributed by atoms with E-state index in [0.717, 1.165) is 36.2 Å². The van der Waals surface area contributed by atoms with E-state index in [4.69, 9.17) is 4.74 Å². The van der Waals surface area contributed by atoms with Crippen LogP contribution in [0.5, 0.6) is 0 Å². The number of anilines is 1. The zero-order chi connectivity index (χ0) is 15.0. The van der Waals surface area contributed by atoms with E-state index in [1.165, 1.54) is 0 Å². The van der Waals surface area contributed by atoms with Gasteiger partial charge in [0.05, 0.1) is 0 Å². The molecule has 0 saturated carbocycles. The molecule has 0 heterocycles. The van der Waals surface area contributed by atoms with Crippen molar-refractivity contribution in [2.24, 2.45) is 0 Å². The lowest BCUT2D eigenvalue weighted by Crippen LogP contribution is -2.33. The Bertz CT molecular complexity index is 432. The van der Waals surface area contributed by atoms with Crippen molar-refractivity contribution in [1.29, 1.82) is 0 Å². The van der Waals surface area contributed by atoms with Gasteiger partial charge in [-0.05, 0) is 50.5 Å². The number of benzene rings is 1. The molecule has 1 atom stereocenters. The zero-order valence-corrected chi connectivity index (χ0v) is 13.0. The Hall–Kier alpha value is -1.55. The summed E-state index contributed by atoms with van der Waals surface area (Å²) in [5.74, 6) is -0.0202. The Morgan fingerprint density at radius 1 is 1.40 bits per heavy atom. The van der Waals surface area contributed by atoms with Crippen molar-refractivity contribution >= 4 is 11.6 Å². The van der Waals surface area contributed by atoms with Gasteiger partial charge in [-0.15, -0.1) is 0 Å². The van der Waals surface area contributed by atoms with Gasteiger partial charge in [0.2, 0.25) is 0 Å². The van der Waals surface area contributed by atoms with Gasteiger partial charge in [-0.2, -0.15) is 0 Å². The fourth-order valence-electron chi connectivity index (χ4n) is 1.97.